The standard InChI is InChI=1S/C19H13Cl2N3O2/c20-15-7-3-1-5-12(15)17-14(11-22)19(26)24(9-10-25)23-18(17)13-6-2-4-8-16(13)21/h1-8,25H,9-10H2. The van der Waals surface area contributed by atoms with Crippen molar-refractivity contribution in [2.24, 2.45) is 0 Å². The van der Waals surface area contributed by atoms with Crippen LogP contribution in [0.2, 0.25) is 10.0 Å². The fourth-order valence-corrected chi connectivity index (χ4v) is 3.14. The zero-order valence-electron chi connectivity index (χ0n) is 13.5. The van der Waals surface area contributed by atoms with Gasteiger partial charge in [-0.2, -0.15) is 10.4 Å². The largest absolute Gasteiger partial charge is 0.394 e. The Bertz CT molecular complexity index is 1070. The first-order valence-corrected chi connectivity index (χ1v) is 8.50. The van der Waals surface area contributed by atoms with Crippen LogP contribution in [0.15, 0.2) is 53.3 Å². The predicted octanol–water partition coefficient (Wildman–Crippen LogP) is 3.75. The minimum absolute atomic E-state index is 0.0340. The van der Waals surface area contributed by atoms with Crippen LogP contribution in [0.1, 0.15) is 5.56 Å². The SMILES string of the molecule is N#Cc1c(-c2ccccc2Cl)c(-c2ccccc2Cl)nn(CCO)c1=O. The van der Waals surface area contributed by atoms with Gasteiger partial charge < -0.3 is 5.11 Å². The zero-order chi connectivity index (χ0) is 18.7. The van der Waals surface area contributed by atoms with Crippen molar-refractivity contribution < 1.29 is 5.11 Å². The van der Waals surface area contributed by atoms with Crippen molar-refractivity contribution >= 4 is 23.2 Å². The van der Waals surface area contributed by atoms with Crippen molar-refractivity contribution in [3.63, 3.8) is 0 Å². The highest BCUT2D eigenvalue weighted by atomic mass is 35.5. The van der Waals surface area contributed by atoms with Gasteiger partial charge >= 0.3 is 0 Å². The Labute approximate surface area is 159 Å². The first-order valence-electron chi connectivity index (χ1n) is 7.74. The second-order valence-corrected chi connectivity index (χ2v) is 6.24. The van der Waals surface area contributed by atoms with Crippen molar-refractivity contribution in [3.05, 3.63) is 74.5 Å². The lowest BCUT2D eigenvalue weighted by Gasteiger charge is -2.15. The number of benzene rings is 2. The molecule has 2 aromatic carbocycles. The summed E-state index contributed by atoms with van der Waals surface area (Å²) in [6.07, 6.45) is 0. The minimum atomic E-state index is -0.590. The lowest BCUT2D eigenvalue weighted by atomic mass is 9.96. The van der Waals surface area contributed by atoms with Crippen molar-refractivity contribution in [2.45, 2.75) is 6.54 Å². The number of halogens is 2. The van der Waals surface area contributed by atoms with Crippen LogP contribution in [0.5, 0.6) is 0 Å². The molecule has 0 atom stereocenters. The third kappa shape index (κ3) is 3.23. The molecular formula is C19H13Cl2N3O2. The van der Waals surface area contributed by atoms with Crippen LogP contribution in [-0.2, 0) is 6.54 Å². The maximum Gasteiger partial charge on any atom is 0.285 e. The van der Waals surface area contributed by atoms with Gasteiger partial charge in [-0.3, -0.25) is 4.79 Å². The topological polar surface area (TPSA) is 78.9 Å². The fraction of sp³-hybridized carbons (Fsp3) is 0.105. The molecule has 0 saturated carbocycles. The molecule has 0 aliphatic carbocycles. The van der Waals surface area contributed by atoms with E-state index in [0.29, 0.717) is 32.4 Å². The molecule has 5 nitrogen and oxygen atoms in total. The summed E-state index contributed by atoms with van der Waals surface area (Å²) in [5.74, 6) is 0. The van der Waals surface area contributed by atoms with Gasteiger partial charge in [-0.25, -0.2) is 4.68 Å². The van der Waals surface area contributed by atoms with Gasteiger partial charge in [0, 0.05) is 21.7 Å². The summed E-state index contributed by atoms with van der Waals surface area (Å²) in [4.78, 5) is 12.7. The van der Waals surface area contributed by atoms with Gasteiger partial charge in [-0.15, -0.1) is 0 Å². The third-order valence-corrected chi connectivity index (χ3v) is 4.51. The van der Waals surface area contributed by atoms with Crippen molar-refractivity contribution in [2.75, 3.05) is 6.61 Å². The summed E-state index contributed by atoms with van der Waals surface area (Å²) in [7, 11) is 0. The number of nitrogens with zero attached hydrogens (tertiary/aromatic N) is 3. The van der Waals surface area contributed by atoms with E-state index in [1.165, 1.54) is 0 Å². The number of aliphatic hydroxyl groups excluding tert-OH is 1. The van der Waals surface area contributed by atoms with E-state index in [1.807, 2.05) is 6.07 Å². The highest BCUT2D eigenvalue weighted by Gasteiger charge is 2.22. The normalized spacial score (nSPS) is 10.5. The molecule has 0 spiro atoms. The lowest BCUT2D eigenvalue weighted by molar-refractivity contribution is 0.266. The molecular weight excluding hydrogens is 373 g/mol. The summed E-state index contributed by atoms with van der Waals surface area (Å²) < 4.78 is 1.07. The van der Waals surface area contributed by atoms with Gasteiger partial charge in [-0.05, 0) is 12.1 Å². The second kappa shape index (κ2) is 7.71. The van der Waals surface area contributed by atoms with Crippen LogP contribution >= 0.6 is 23.2 Å². The first kappa shape index (κ1) is 18.2. The molecule has 130 valence electrons. The zero-order valence-corrected chi connectivity index (χ0v) is 15.0. The monoisotopic (exact) mass is 385 g/mol. The van der Waals surface area contributed by atoms with Crippen LogP contribution < -0.4 is 5.56 Å². The van der Waals surface area contributed by atoms with Crippen LogP contribution in [0.4, 0.5) is 0 Å². The molecule has 3 aromatic rings. The van der Waals surface area contributed by atoms with E-state index in [1.54, 1.807) is 48.5 Å². The van der Waals surface area contributed by atoms with Crippen LogP contribution in [-0.4, -0.2) is 21.5 Å². The maximum absolute atomic E-state index is 12.7. The molecule has 26 heavy (non-hydrogen) atoms. The van der Waals surface area contributed by atoms with Crippen molar-refractivity contribution in [3.8, 4) is 28.5 Å². The van der Waals surface area contributed by atoms with Crippen molar-refractivity contribution in [1.29, 1.82) is 5.26 Å². The Morgan fingerprint density at radius 3 is 2.15 bits per heavy atom. The second-order valence-electron chi connectivity index (χ2n) is 5.42. The van der Waals surface area contributed by atoms with E-state index < -0.39 is 5.56 Å². The molecule has 0 saturated heterocycles. The molecule has 0 fully saturated rings. The smallest absolute Gasteiger partial charge is 0.285 e. The Hall–Kier alpha value is -2.65. The maximum atomic E-state index is 12.7. The highest BCUT2D eigenvalue weighted by Crippen LogP contribution is 2.38. The quantitative estimate of drug-likeness (QED) is 0.741. The Morgan fingerprint density at radius 1 is 1.04 bits per heavy atom. The van der Waals surface area contributed by atoms with E-state index in [9.17, 15) is 15.2 Å². The van der Waals surface area contributed by atoms with Crippen LogP contribution in [0.3, 0.4) is 0 Å². The van der Waals surface area contributed by atoms with E-state index in [2.05, 4.69) is 5.10 Å². The van der Waals surface area contributed by atoms with Gasteiger partial charge in [0.2, 0.25) is 0 Å². The first-order chi connectivity index (χ1) is 12.6. The van der Waals surface area contributed by atoms with E-state index >= 15 is 0 Å². The van der Waals surface area contributed by atoms with Gasteiger partial charge in [0.1, 0.15) is 17.3 Å². The Kier molecular flexibility index (Phi) is 5.38. The number of rotatable bonds is 4. The number of nitriles is 1. The summed E-state index contributed by atoms with van der Waals surface area (Å²) >= 11 is 12.7. The summed E-state index contributed by atoms with van der Waals surface area (Å²) in [5.41, 5.74) is 1.07. The Balaban J connectivity index is 2.47. The number of aromatic nitrogens is 2. The fourth-order valence-electron chi connectivity index (χ4n) is 2.69. The van der Waals surface area contributed by atoms with Crippen LogP contribution in [0, 0.1) is 11.3 Å². The van der Waals surface area contributed by atoms with E-state index in [0.717, 1.165) is 4.68 Å². The summed E-state index contributed by atoms with van der Waals surface area (Å²) in [6.45, 7) is -0.320. The molecule has 1 N–H and O–H groups in total. The number of aliphatic hydroxyl groups is 1. The third-order valence-electron chi connectivity index (χ3n) is 3.85. The van der Waals surface area contributed by atoms with Gasteiger partial charge in [0.25, 0.3) is 5.56 Å². The molecule has 3 rings (SSSR count). The summed E-state index contributed by atoms with van der Waals surface area (Å²) in [5, 5.41) is 24.1. The van der Waals surface area contributed by atoms with Gasteiger partial charge in [0.15, 0.2) is 0 Å². The van der Waals surface area contributed by atoms with E-state index in [-0.39, 0.29) is 18.7 Å². The lowest BCUT2D eigenvalue weighted by Crippen LogP contribution is -2.28. The average molecular weight is 386 g/mol. The minimum Gasteiger partial charge on any atom is -0.394 e. The van der Waals surface area contributed by atoms with Crippen molar-refractivity contribution in [1.82, 2.24) is 9.78 Å². The van der Waals surface area contributed by atoms with Gasteiger partial charge in [0.05, 0.1) is 18.2 Å². The highest BCUT2D eigenvalue weighted by molar-refractivity contribution is 6.34. The molecule has 0 aliphatic heterocycles. The molecule has 1 heterocycles. The number of hydrogen-bond donors (Lipinski definition) is 1. The summed E-state index contributed by atoms with van der Waals surface area (Å²) in [6, 6.07) is 15.9. The molecule has 0 bridgehead atoms. The Morgan fingerprint density at radius 2 is 1.62 bits per heavy atom. The number of hydrogen-bond acceptors (Lipinski definition) is 4. The molecule has 0 amide bonds. The predicted molar refractivity (Wildman–Crippen MR) is 101 cm³/mol. The molecule has 0 aliphatic rings. The molecule has 0 radical (unpaired) electrons. The molecule has 7 heteroatoms. The van der Waals surface area contributed by atoms with Crippen LogP contribution in [0.25, 0.3) is 22.4 Å². The van der Waals surface area contributed by atoms with E-state index in [4.69, 9.17) is 23.2 Å². The molecule has 1 aromatic heterocycles. The van der Waals surface area contributed by atoms with Gasteiger partial charge in [-0.1, -0.05) is 59.6 Å². The average Bonchev–Trinajstić information content (AvgIpc) is 2.64. The molecule has 0 unspecified atom stereocenters.